The summed E-state index contributed by atoms with van der Waals surface area (Å²) in [4.78, 5) is 25.1. The SMILES string of the molecule is CCCCNC(=O)c1cccc2sc3ccccc3c(=O)c12. The minimum absolute atomic E-state index is 0.0643. The molecule has 0 fully saturated rings. The summed E-state index contributed by atoms with van der Waals surface area (Å²) in [5.41, 5.74) is 0.409. The molecule has 1 amide bonds. The Morgan fingerprint density at radius 3 is 2.68 bits per heavy atom. The molecule has 1 N–H and O–H groups in total. The molecule has 3 nitrogen and oxygen atoms in total. The largest absolute Gasteiger partial charge is 0.352 e. The van der Waals surface area contributed by atoms with E-state index in [1.807, 2.05) is 36.4 Å². The summed E-state index contributed by atoms with van der Waals surface area (Å²) in [5.74, 6) is -0.168. The molecule has 0 aliphatic rings. The van der Waals surface area contributed by atoms with E-state index < -0.39 is 0 Å². The number of rotatable bonds is 4. The van der Waals surface area contributed by atoms with Gasteiger partial charge in [0, 0.05) is 21.3 Å². The van der Waals surface area contributed by atoms with Crippen molar-refractivity contribution in [2.75, 3.05) is 6.54 Å². The predicted molar refractivity (Wildman–Crippen MR) is 92.8 cm³/mol. The van der Waals surface area contributed by atoms with E-state index in [-0.39, 0.29) is 11.3 Å². The number of amides is 1. The van der Waals surface area contributed by atoms with Gasteiger partial charge in [0.2, 0.25) is 0 Å². The number of carbonyl (C=O) groups is 1. The Balaban J connectivity index is 2.17. The molecule has 0 atom stereocenters. The average molecular weight is 311 g/mol. The predicted octanol–water partition coefficient (Wildman–Crippen LogP) is 3.94. The molecule has 0 unspecified atom stereocenters. The summed E-state index contributed by atoms with van der Waals surface area (Å²) in [6.45, 7) is 2.71. The van der Waals surface area contributed by atoms with Crippen molar-refractivity contribution < 1.29 is 4.79 Å². The second-order valence-electron chi connectivity index (χ2n) is 5.22. The lowest BCUT2D eigenvalue weighted by Gasteiger charge is -2.08. The highest BCUT2D eigenvalue weighted by molar-refractivity contribution is 7.24. The summed E-state index contributed by atoms with van der Waals surface area (Å²) in [5, 5.41) is 4.10. The first-order valence-corrected chi connectivity index (χ1v) is 8.27. The van der Waals surface area contributed by atoms with Crippen LogP contribution in [0.3, 0.4) is 0 Å². The molecule has 0 saturated carbocycles. The van der Waals surface area contributed by atoms with Gasteiger partial charge in [-0.25, -0.2) is 0 Å². The second kappa shape index (κ2) is 6.28. The van der Waals surface area contributed by atoms with Crippen molar-refractivity contribution in [3.63, 3.8) is 0 Å². The van der Waals surface area contributed by atoms with E-state index in [4.69, 9.17) is 0 Å². The van der Waals surface area contributed by atoms with Gasteiger partial charge in [-0.2, -0.15) is 0 Å². The zero-order valence-corrected chi connectivity index (χ0v) is 13.2. The molecule has 2 aromatic carbocycles. The molecule has 0 aliphatic heterocycles. The maximum atomic E-state index is 12.8. The Morgan fingerprint density at radius 2 is 1.86 bits per heavy atom. The molecule has 3 rings (SSSR count). The van der Waals surface area contributed by atoms with Crippen LogP contribution in [0.2, 0.25) is 0 Å². The molecule has 0 saturated heterocycles. The molecule has 22 heavy (non-hydrogen) atoms. The van der Waals surface area contributed by atoms with Crippen LogP contribution >= 0.6 is 11.3 Å². The van der Waals surface area contributed by atoms with E-state index in [1.165, 1.54) is 0 Å². The smallest absolute Gasteiger partial charge is 0.252 e. The summed E-state index contributed by atoms with van der Waals surface area (Å²) >= 11 is 1.55. The van der Waals surface area contributed by atoms with Gasteiger partial charge in [0.1, 0.15) is 0 Å². The fourth-order valence-electron chi connectivity index (χ4n) is 2.51. The van der Waals surface area contributed by atoms with Crippen LogP contribution in [0, 0.1) is 0 Å². The molecule has 0 radical (unpaired) electrons. The van der Waals surface area contributed by atoms with Crippen LogP contribution in [0.25, 0.3) is 20.2 Å². The Hall–Kier alpha value is -2.20. The van der Waals surface area contributed by atoms with Gasteiger partial charge in [-0.3, -0.25) is 9.59 Å². The monoisotopic (exact) mass is 311 g/mol. The van der Waals surface area contributed by atoms with Crippen LogP contribution < -0.4 is 10.7 Å². The van der Waals surface area contributed by atoms with Gasteiger partial charge in [0.15, 0.2) is 5.43 Å². The number of hydrogen-bond donors (Lipinski definition) is 1. The van der Waals surface area contributed by atoms with E-state index >= 15 is 0 Å². The molecule has 1 heterocycles. The fourth-order valence-corrected chi connectivity index (χ4v) is 3.62. The van der Waals surface area contributed by atoms with Gasteiger partial charge in [0.25, 0.3) is 5.91 Å². The van der Waals surface area contributed by atoms with Crippen molar-refractivity contribution in [3.05, 3.63) is 58.3 Å². The first kappa shape index (κ1) is 14.7. The van der Waals surface area contributed by atoms with Gasteiger partial charge in [-0.15, -0.1) is 11.3 Å². The second-order valence-corrected chi connectivity index (χ2v) is 6.30. The van der Waals surface area contributed by atoms with Crippen molar-refractivity contribution in [3.8, 4) is 0 Å². The highest BCUT2D eigenvalue weighted by atomic mass is 32.1. The van der Waals surface area contributed by atoms with E-state index in [2.05, 4.69) is 12.2 Å². The molecule has 0 spiro atoms. The lowest BCUT2D eigenvalue weighted by atomic mass is 10.1. The summed E-state index contributed by atoms with van der Waals surface area (Å²) in [6, 6.07) is 13.0. The summed E-state index contributed by atoms with van der Waals surface area (Å²) in [6.07, 6.45) is 1.96. The molecule has 1 aromatic heterocycles. The van der Waals surface area contributed by atoms with E-state index in [0.29, 0.717) is 22.9 Å². The molecular formula is C18H17NO2S. The van der Waals surface area contributed by atoms with Crippen LogP contribution in [-0.2, 0) is 0 Å². The Labute approximate surface area is 132 Å². The van der Waals surface area contributed by atoms with Crippen LogP contribution in [-0.4, -0.2) is 12.5 Å². The maximum absolute atomic E-state index is 12.8. The number of nitrogens with one attached hydrogen (secondary N) is 1. The third-order valence-corrected chi connectivity index (χ3v) is 4.80. The van der Waals surface area contributed by atoms with Crippen molar-refractivity contribution in [1.82, 2.24) is 5.32 Å². The lowest BCUT2D eigenvalue weighted by Crippen LogP contribution is -2.25. The Bertz CT molecular complexity index is 898. The van der Waals surface area contributed by atoms with Crippen LogP contribution in [0.4, 0.5) is 0 Å². The summed E-state index contributed by atoms with van der Waals surface area (Å²) < 4.78 is 1.80. The molecule has 4 heteroatoms. The van der Waals surface area contributed by atoms with Crippen molar-refractivity contribution in [2.45, 2.75) is 19.8 Å². The maximum Gasteiger partial charge on any atom is 0.252 e. The molecular weight excluding hydrogens is 294 g/mol. The standard InChI is InChI=1S/C18H17NO2S/c1-2-3-11-19-18(21)13-8-6-10-15-16(13)17(20)12-7-4-5-9-14(12)22-15/h4-10H,2-3,11H2,1H3,(H,19,21). The third-order valence-electron chi connectivity index (χ3n) is 3.67. The summed E-state index contributed by atoms with van der Waals surface area (Å²) in [7, 11) is 0. The molecule has 0 aliphatic carbocycles. The van der Waals surface area contributed by atoms with Gasteiger partial charge in [0.05, 0.1) is 10.9 Å². The van der Waals surface area contributed by atoms with Gasteiger partial charge in [-0.1, -0.05) is 31.5 Å². The van der Waals surface area contributed by atoms with Crippen LogP contribution in [0.15, 0.2) is 47.3 Å². The minimum atomic E-state index is -0.168. The fraction of sp³-hybridized carbons (Fsp3) is 0.222. The Morgan fingerprint density at radius 1 is 1.09 bits per heavy atom. The van der Waals surface area contributed by atoms with E-state index in [0.717, 1.165) is 22.2 Å². The quantitative estimate of drug-likeness (QED) is 0.586. The highest BCUT2D eigenvalue weighted by Crippen LogP contribution is 2.26. The lowest BCUT2D eigenvalue weighted by molar-refractivity contribution is 0.0955. The normalized spacial score (nSPS) is 11.0. The first-order chi connectivity index (χ1) is 10.7. The zero-order chi connectivity index (χ0) is 15.5. The van der Waals surface area contributed by atoms with Gasteiger partial charge >= 0.3 is 0 Å². The number of hydrogen-bond acceptors (Lipinski definition) is 3. The number of fused-ring (bicyclic) bond motifs is 2. The van der Waals surface area contributed by atoms with E-state index in [9.17, 15) is 9.59 Å². The third kappa shape index (κ3) is 2.62. The van der Waals surface area contributed by atoms with Crippen molar-refractivity contribution >= 4 is 37.4 Å². The number of unbranched alkanes of at least 4 members (excludes halogenated alkanes) is 1. The zero-order valence-electron chi connectivity index (χ0n) is 12.4. The van der Waals surface area contributed by atoms with Crippen LogP contribution in [0.5, 0.6) is 0 Å². The van der Waals surface area contributed by atoms with Crippen LogP contribution in [0.1, 0.15) is 30.1 Å². The highest BCUT2D eigenvalue weighted by Gasteiger charge is 2.14. The number of carbonyl (C=O) groups excluding carboxylic acids is 1. The van der Waals surface area contributed by atoms with Gasteiger partial charge < -0.3 is 5.32 Å². The number of benzene rings is 2. The minimum Gasteiger partial charge on any atom is -0.352 e. The molecule has 0 bridgehead atoms. The first-order valence-electron chi connectivity index (χ1n) is 7.45. The Kier molecular flexibility index (Phi) is 4.20. The van der Waals surface area contributed by atoms with Crippen molar-refractivity contribution in [2.24, 2.45) is 0 Å². The molecule has 3 aromatic rings. The van der Waals surface area contributed by atoms with Crippen molar-refractivity contribution in [1.29, 1.82) is 0 Å². The molecule has 112 valence electrons. The topological polar surface area (TPSA) is 46.2 Å². The average Bonchev–Trinajstić information content (AvgIpc) is 2.54. The van der Waals surface area contributed by atoms with E-state index in [1.54, 1.807) is 17.4 Å². The van der Waals surface area contributed by atoms with Gasteiger partial charge in [-0.05, 0) is 30.7 Å².